The Balaban J connectivity index is 1.10. The molecule has 0 radical (unpaired) electrons. The number of carbonyl (C=O) groups is 2. The standard InChI is InChI=1S/C34H47BN2O7/c1-22(2)37(27-18-29(19-27)42-28-12-13-30(32(38)40-6)31(20-28)33(39)41-7)21-24-14-16-36(17-15-24)26-10-8-25(9-11-26)35-43-23(3)34(4,5)44-35/h8-13,20,22-24,27,29H,14-19,21H2,1-7H3. The van der Waals surface area contributed by atoms with E-state index < -0.39 is 11.9 Å². The van der Waals surface area contributed by atoms with Crippen LogP contribution in [0.5, 0.6) is 5.75 Å². The molecule has 0 N–H and O–H groups in total. The smallest absolute Gasteiger partial charge is 0.490 e. The molecule has 1 unspecified atom stereocenters. The van der Waals surface area contributed by atoms with E-state index >= 15 is 0 Å². The number of hydrogen-bond acceptors (Lipinski definition) is 9. The van der Waals surface area contributed by atoms with Crippen LogP contribution in [0.25, 0.3) is 0 Å². The quantitative estimate of drug-likeness (QED) is 0.282. The van der Waals surface area contributed by atoms with Gasteiger partial charge < -0.3 is 28.4 Å². The third kappa shape index (κ3) is 7.08. The predicted octanol–water partition coefficient (Wildman–Crippen LogP) is 4.71. The molecule has 0 aromatic heterocycles. The molecule has 5 rings (SSSR count). The van der Waals surface area contributed by atoms with Crippen LogP contribution >= 0.6 is 0 Å². The topological polar surface area (TPSA) is 86.8 Å². The Bertz CT molecular complexity index is 1300. The van der Waals surface area contributed by atoms with Crippen LogP contribution in [0.3, 0.4) is 0 Å². The minimum absolute atomic E-state index is 0.0582. The molecule has 238 valence electrons. The fourth-order valence-corrected chi connectivity index (χ4v) is 6.45. The van der Waals surface area contributed by atoms with Crippen molar-refractivity contribution in [3.8, 4) is 5.75 Å². The molecular formula is C34H47BN2O7. The van der Waals surface area contributed by atoms with Crippen molar-refractivity contribution in [1.82, 2.24) is 4.90 Å². The largest absolute Gasteiger partial charge is 0.494 e. The first-order valence-electron chi connectivity index (χ1n) is 15.9. The Labute approximate surface area is 262 Å². The van der Waals surface area contributed by atoms with E-state index in [0.29, 0.717) is 23.8 Å². The van der Waals surface area contributed by atoms with Gasteiger partial charge in [0.2, 0.25) is 0 Å². The highest BCUT2D eigenvalue weighted by Gasteiger charge is 2.44. The summed E-state index contributed by atoms with van der Waals surface area (Å²) in [6, 6.07) is 14.4. The first kappa shape index (κ1) is 32.3. The van der Waals surface area contributed by atoms with E-state index in [1.807, 2.05) is 0 Å². The fourth-order valence-electron chi connectivity index (χ4n) is 6.45. The van der Waals surface area contributed by atoms with Gasteiger partial charge in [0.25, 0.3) is 0 Å². The van der Waals surface area contributed by atoms with Gasteiger partial charge in [0.15, 0.2) is 0 Å². The SMILES string of the molecule is COC(=O)c1ccc(OC2CC(N(CC3CCN(c4ccc(B5OC(C)C(C)(C)O5)cc4)CC3)C(C)C)C2)cc1C(=O)OC. The van der Waals surface area contributed by atoms with Gasteiger partial charge in [-0.15, -0.1) is 0 Å². The third-order valence-corrected chi connectivity index (χ3v) is 9.64. The van der Waals surface area contributed by atoms with Gasteiger partial charge in [-0.25, -0.2) is 9.59 Å². The normalized spacial score (nSPS) is 23.5. The van der Waals surface area contributed by atoms with Crippen LogP contribution < -0.4 is 15.1 Å². The van der Waals surface area contributed by atoms with E-state index in [0.717, 1.165) is 37.9 Å². The summed E-state index contributed by atoms with van der Waals surface area (Å²) in [6.07, 6.45) is 4.32. The van der Waals surface area contributed by atoms with E-state index in [1.54, 1.807) is 18.2 Å². The van der Waals surface area contributed by atoms with Gasteiger partial charge >= 0.3 is 19.1 Å². The summed E-state index contributed by atoms with van der Waals surface area (Å²) < 4.78 is 28.0. The number of esters is 2. The monoisotopic (exact) mass is 606 g/mol. The lowest BCUT2D eigenvalue weighted by atomic mass is 9.79. The highest BCUT2D eigenvalue weighted by atomic mass is 16.7. The Hall–Kier alpha value is -3.08. The molecule has 9 nitrogen and oxygen atoms in total. The maximum atomic E-state index is 12.3. The summed E-state index contributed by atoms with van der Waals surface area (Å²) in [7, 11) is 2.27. The van der Waals surface area contributed by atoms with Crippen LogP contribution in [-0.4, -0.2) is 87.7 Å². The number of nitrogens with zero attached hydrogens (tertiary/aromatic N) is 2. The van der Waals surface area contributed by atoms with Crippen LogP contribution in [0.15, 0.2) is 42.5 Å². The molecular weight excluding hydrogens is 559 g/mol. The highest BCUT2D eigenvalue weighted by Crippen LogP contribution is 2.34. The Morgan fingerprint density at radius 3 is 2.20 bits per heavy atom. The molecule has 0 amide bonds. The summed E-state index contributed by atoms with van der Waals surface area (Å²) >= 11 is 0. The second-order valence-corrected chi connectivity index (χ2v) is 13.2. The van der Waals surface area contributed by atoms with Crippen LogP contribution in [0.2, 0.25) is 0 Å². The van der Waals surface area contributed by atoms with Crippen molar-refractivity contribution < 1.29 is 33.1 Å². The predicted molar refractivity (Wildman–Crippen MR) is 171 cm³/mol. The van der Waals surface area contributed by atoms with Crippen LogP contribution in [0.4, 0.5) is 5.69 Å². The lowest BCUT2D eigenvalue weighted by Gasteiger charge is -2.46. The molecule has 2 aromatic rings. The summed E-state index contributed by atoms with van der Waals surface area (Å²) in [6.45, 7) is 14.0. The molecule has 2 saturated heterocycles. The molecule has 2 aromatic carbocycles. The summed E-state index contributed by atoms with van der Waals surface area (Å²) in [5.41, 5.74) is 2.36. The summed E-state index contributed by atoms with van der Waals surface area (Å²) in [4.78, 5) is 29.5. The second-order valence-electron chi connectivity index (χ2n) is 13.2. The van der Waals surface area contributed by atoms with Gasteiger partial charge in [0, 0.05) is 50.2 Å². The minimum atomic E-state index is -0.594. The highest BCUT2D eigenvalue weighted by molar-refractivity contribution is 6.62. The van der Waals surface area contributed by atoms with Crippen LogP contribution in [0, 0.1) is 5.92 Å². The first-order valence-corrected chi connectivity index (χ1v) is 15.9. The van der Waals surface area contributed by atoms with E-state index in [4.69, 9.17) is 23.5 Å². The van der Waals surface area contributed by atoms with E-state index in [9.17, 15) is 9.59 Å². The van der Waals surface area contributed by atoms with Gasteiger partial charge in [0.1, 0.15) is 11.9 Å². The van der Waals surface area contributed by atoms with Crippen LogP contribution in [0.1, 0.15) is 81.0 Å². The molecule has 3 fully saturated rings. The van der Waals surface area contributed by atoms with Crippen LogP contribution in [-0.2, 0) is 18.8 Å². The van der Waals surface area contributed by atoms with Crippen molar-refractivity contribution in [2.24, 2.45) is 5.92 Å². The zero-order chi connectivity index (χ0) is 31.6. The van der Waals surface area contributed by atoms with Gasteiger partial charge in [0.05, 0.1) is 37.1 Å². The molecule has 3 aliphatic rings. The Kier molecular flexibility index (Phi) is 9.92. The number of anilines is 1. The number of rotatable bonds is 10. The number of hydrogen-bond donors (Lipinski definition) is 0. The van der Waals surface area contributed by atoms with Crippen molar-refractivity contribution in [3.63, 3.8) is 0 Å². The molecule has 1 atom stereocenters. The maximum absolute atomic E-state index is 12.3. The van der Waals surface area contributed by atoms with Crippen molar-refractivity contribution >= 4 is 30.2 Å². The third-order valence-electron chi connectivity index (χ3n) is 9.64. The Morgan fingerprint density at radius 2 is 1.64 bits per heavy atom. The van der Waals surface area contributed by atoms with Gasteiger partial charge in [-0.1, -0.05) is 12.1 Å². The van der Waals surface area contributed by atoms with Crippen molar-refractivity contribution in [1.29, 1.82) is 0 Å². The first-order chi connectivity index (χ1) is 21.0. The number of ether oxygens (including phenoxy) is 3. The number of benzene rings is 2. The fraction of sp³-hybridized carbons (Fsp3) is 0.588. The van der Waals surface area contributed by atoms with E-state index in [2.05, 4.69) is 68.7 Å². The van der Waals surface area contributed by atoms with Crippen molar-refractivity contribution in [2.45, 2.75) is 90.2 Å². The zero-order valence-corrected chi connectivity index (χ0v) is 27.2. The number of carbonyl (C=O) groups excluding carboxylic acids is 2. The van der Waals surface area contributed by atoms with Crippen molar-refractivity contribution in [3.05, 3.63) is 53.6 Å². The summed E-state index contributed by atoms with van der Waals surface area (Å²) in [5.74, 6) is 0.0360. The van der Waals surface area contributed by atoms with Crippen molar-refractivity contribution in [2.75, 3.05) is 38.8 Å². The molecule has 1 aliphatic carbocycles. The molecule has 10 heteroatoms. The number of methoxy groups -OCH3 is 2. The molecule has 2 aliphatic heterocycles. The van der Waals surface area contributed by atoms with E-state index in [1.165, 1.54) is 32.7 Å². The molecule has 44 heavy (non-hydrogen) atoms. The van der Waals surface area contributed by atoms with Gasteiger partial charge in [-0.05, 0) is 89.2 Å². The summed E-state index contributed by atoms with van der Waals surface area (Å²) in [5, 5.41) is 0. The average Bonchev–Trinajstić information content (AvgIpc) is 3.28. The second kappa shape index (κ2) is 13.5. The Morgan fingerprint density at radius 1 is 1.00 bits per heavy atom. The lowest BCUT2D eigenvalue weighted by molar-refractivity contribution is -0.00664. The van der Waals surface area contributed by atoms with Gasteiger partial charge in [-0.2, -0.15) is 0 Å². The lowest BCUT2D eigenvalue weighted by Crippen LogP contribution is -2.53. The molecule has 0 spiro atoms. The molecule has 1 saturated carbocycles. The molecule has 2 heterocycles. The average molecular weight is 607 g/mol. The van der Waals surface area contributed by atoms with E-state index in [-0.39, 0.29) is 36.1 Å². The number of piperidine rings is 1. The minimum Gasteiger partial charge on any atom is -0.490 e. The van der Waals surface area contributed by atoms with Gasteiger partial charge in [-0.3, -0.25) is 4.90 Å². The molecule has 0 bridgehead atoms. The zero-order valence-electron chi connectivity index (χ0n) is 27.2. The maximum Gasteiger partial charge on any atom is 0.494 e.